The topological polar surface area (TPSA) is 406 Å². The maximum Gasteiger partial charge on any atom is 0.326 e. The van der Waals surface area contributed by atoms with Gasteiger partial charge in [-0.3, -0.25) is 62.3 Å². The van der Waals surface area contributed by atoms with Crippen molar-refractivity contribution >= 4 is 82.8 Å². The minimum Gasteiger partial charge on any atom is -0.481 e. The first-order chi connectivity index (χ1) is 37.9. The van der Waals surface area contributed by atoms with E-state index in [1.165, 1.54) is 66.2 Å². The molecular formula is C52H83N13O16. The second-order valence-electron chi connectivity index (χ2n) is 22.1. The normalized spacial score (nSPS) is 21.8. The van der Waals surface area contributed by atoms with E-state index in [1.54, 1.807) is 27.7 Å². The number of likely N-dealkylation sites (N-methyl/N-ethyl adjacent to an activating group) is 1. The number of nitrogens with zero attached hydrogens (tertiary/aromatic N) is 5. The van der Waals surface area contributed by atoms with Crippen molar-refractivity contribution in [1.82, 2.24) is 61.7 Å². The van der Waals surface area contributed by atoms with Crippen LogP contribution in [-0.4, -0.2) is 230 Å². The van der Waals surface area contributed by atoms with E-state index >= 15 is 0 Å². The highest BCUT2D eigenvalue weighted by molar-refractivity contribution is 5.99. The Kier molecular flexibility index (Phi) is 23.9. The number of rotatable bonds is 25. The van der Waals surface area contributed by atoms with E-state index in [9.17, 15) is 72.2 Å². The third-order valence-corrected chi connectivity index (χ3v) is 15.1. The number of nitrogens with two attached hydrogens (primary N) is 1. The van der Waals surface area contributed by atoms with E-state index in [0.29, 0.717) is 32.1 Å². The third kappa shape index (κ3) is 17.0. The lowest BCUT2D eigenvalue weighted by molar-refractivity contribution is -0.151. The van der Waals surface area contributed by atoms with Crippen LogP contribution < -0.4 is 43.0 Å². The molecule has 0 aliphatic carbocycles. The molecule has 29 heteroatoms. The number of aliphatic carboxylic acids is 2. The molecule has 4 aliphatic heterocycles. The number of carboxylic acids is 2. The monoisotopic (exact) mass is 1150 g/mol. The van der Waals surface area contributed by atoms with E-state index < -0.39 is 180 Å². The van der Waals surface area contributed by atoms with Gasteiger partial charge in [0.1, 0.15) is 66.5 Å². The smallest absolute Gasteiger partial charge is 0.326 e. The standard InChI is InChI=1S/C52H83N13O16/c1-25(2)39(52(80)81)60-47(75)36-18-14-22-65(36)51(79)40(26(3)4)61(10)48(76)29(7)59-44(72)33-15-11-19-62(33)37(66)24-54-41(69)27(5)55-45(73)34-16-12-20-63(34)49(77)30(8)57-42(70)28(6)56-46(74)35-17-13-21-64(35)50(78)31(9)58-43(71)32(53)23-38(67)68/h25-36,39-40H,11-24,53H2,1-10H3,(H,54,69)(H,55,73)(H,56,74)(H,57,70)(H,58,71)(H,59,72)(H,60,75)(H,67,68)(H,80,81)/t27-,28-,29-,30-,31-,32-,33-,34-,35-,36-,39-,40-/m0/s1. The molecule has 4 fully saturated rings. The average Bonchev–Trinajstić information content (AvgIpc) is 4.32. The maximum absolute atomic E-state index is 14.1. The molecule has 0 radical (unpaired) electrons. The molecule has 12 atom stereocenters. The molecule has 0 aromatic rings. The number of hydrogen-bond acceptors (Lipinski definition) is 15. The summed E-state index contributed by atoms with van der Waals surface area (Å²) in [6, 6.07) is -13.4. The van der Waals surface area contributed by atoms with Crippen LogP contribution in [0.1, 0.15) is 120 Å². The Balaban J connectivity index is 1.25. The van der Waals surface area contributed by atoms with Gasteiger partial charge < -0.3 is 77.7 Å². The van der Waals surface area contributed by atoms with Gasteiger partial charge in [-0.25, -0.2) is 4.79 Å². The van der Waals surface area contributed by atoms with Crippen LogP contribution in [0.15, 0.2) is 0 Å². The first kappa shape index (κ1) is 66.1. The van der Waals surface area contributed by atoms with E-state index in [2.05, 4.69) is 37.2 Å². The van der Waals surface area contributed by atoms with E-state index in [1.807, 2.05) is 0 Å². The minimum atomic E-state index is -1.40. The van der Waals surface area contributed by atoms with Gasteiger partial charge in [-0.1, -0.05) is 27.7 Å². The van der Waals surface area contributed by atoms with Gasteiger partial charge in [0.05, 0.1) is 19.0 Å². The van der Waals surface area contributed by atoms with Gasteiger partial charge in [-0.05, 0) is 97.8 Å². The molecular weight excluding hydrogens is 1060 g/mol. The molecule has 0 aromatic heterocycles. The average molecular weight is 1150 g/mol. The van der Waals surface area contributed by atoms with Crippen LogP contribution in [0.5, 0.6) is 0 Å². The molecule has 452 valence electrons. The van der Waals surface area contributed by atoms with E-state index in [4.69, 9.17) is 10.8 Å². The molecule has 4 heterocycles. The summed E-state index contributed by atoms with van der Waals surface area (Å²) in [5.74, 6) is -11.3. The molecule has 81 heavy (non-hydrogen) atoms. The van der Waals surface area contributed by atoms with Gasteiger partial charge in [0, 0.05) is 33.2 Å². The molecule has 0 unspecified atom stereocenters. The van der Waals surface area contributed by atoms with Gasteiger partial charge in [0.2, 0.25) is 70.9 Å². The summed E-state index contributed by atoms with van der Waals surface area (Å²) < 4.78 is 0. The van der Waals surface area contributed by atoms with Crippen LogP contribution >= 0.6 is 0 Å². The van der Waals surface area contributed by atoms with Crippen LogP contribution in [0, 0.1) is 11.8 Å². The van der Waals surface area contributed by atoms with Crippen molar-refractivity contribution in [2.45, 2.75) is 193 Å². The molecule has 0 aromatic carbocycles. The zero-order chi connectivity index (χ0) is 60.9. The summed E-state index contributed by atoms with van der Waals surface area (Å²) in [6.45, 7) is 13.9. The fourth-order valence-electron chi connectivity index (χ4n) is 10.6. The second kappa shape index (κ2) is 29.3. The number of nitrogens with one attached hydrogen (secondary N) is 7. The van der Waals surface area contributed by atoms with Crippen LogP contribution in [0.3, 0.4) is 0 Å². The number of carboxylic acid groups (broad SMARTS) is 2. The van der Waals surface area contributed by atoms with Gasteiger partial charge >= 0.3 is 11.9 Å². The molecule has 4 rings (SSSR count). The molecule has 29 nitrogen and oxygen atoms in total. The quantitative estimate of drug-likeness (QED) is 0.0418. The zero-order valence-corrected chi connectivity index (χ0v) is 47.9. The highest BCUT2D eigenvalue weighted by Crippen LogP contribution is 2.25. The molecule has 4 aliphatic rings. The fourth-order valence-corrected chi connectivity index (χ4v) is 10.6. The fraction of sp³-hybridized carbons (Fsp3) is 0.731. The second-order valence-corrected chi connectivity index (χ2v) is 22.1. The largest absolute Gasteiger partial charge is 0.481 e. The first-order valence-corrected chi connectivity index (χ1v) is 27.7. The van der Waals surface area contributed by atoms with Crippen molar-refractivity contribution < 1.29 is 77.3 Å². The van der Waals surface area contributed by atoms with Crippen LogP contribution in [0.4, 0.5) is 0 Å². The number of carbonyl (C=O) groups is 14. The molecule has 11 N–H and O–H groups in total. The van der Waals surface area contributed by atoms with Gasteiger partial charge in [-0.15, -0.1) is 0 Å². The van der Waals surface area contributed by atoms with Gasteiger partial charge in [-0.2, -0.15) is 0 Å². The van der Waals surface area contributed by atoms with Crippen molar-refractivity contribution in [3.63, 3.8) is 0 Å². The van der Waals surface area contributed by atoms with Gasteiger partial charge in [0.25, 0.3) is 0 Å². The predicted molar refractivity (Wildman–Crippen MR) is 286 cm³/mol. The Morgan fingerprint density at radius 2 is 0.864 bits per heavy atom. The van der Waals surface area contributed by atoms with E-state index in [-0.39, 0.29) is 45.4 Å². The molecule has 0 spiro atoms. The summed E-state index contributed by atoms with van der Waals surface area (Å²) in [4.78, 5) is 190. The lowest BCUT2D eigenvalue weighted by Gasteiger charge is -2.36. The summed E-state index contributed by atoms with van der Waals surface area (Å²) >= 11 is 0. The number of hydrogen-bond donors (Lipinski definition) is 10. The summed E-state index contributed by atoms with van der Waals surface area (Å²) in [7, 11) is 1.42. The lowest BCUT2D eigenvalue weighted by atomic mass is 9.99. The maximum atomic E-state index is 14.1. The lowest BCUT2D eigenvalue weighted by Crippen LogP contribution is -2.60. The summed E-state index contributed by atoms with van der Waals surface area (Å²) in [5.41, 5.74) is 5.60. The minimum absolute atomic E-state index is 0.152. The predicted octanol–water partition coefficient (Wildman–Crippen LogP) is -3.90. The molecule has 4 saturated heterocycles. The third-order valence-electron chi connectivity index (χ3n) is 15.1. The van der Waals surface area contributed by atoms with Crippen molar-refractivity contribution in [2.24, 2.45) is 17.6 Å². The Bertz CT molecular complexity index is 2420. The number of carbonyl (C=O) groups excluding carboxylic acids is 12. The Morgan fingerprint density at radius 3 is 1.28 bits per heavy atom. The van der Waals surface area contributed by atoms with Crippen molar-refractivity contribution in [3.05, 3.63) is 0 Å². The molecule has 0 bridgehead atoms. The van der Waals surface area contributed by atoms with Gasteiger partial charge in [0.15, 0.2) is 0 Å². The van der Waals surface area contributed by atoms with Crippen molar-refractivity contribution in [2.75, 3.05) is 39.8 Å². The Hall–Kier alpha value is -7.46. The Labute approximate surface area is 470 Å². The number of amides is 12. The van der Waals surface area contributed by atoms with Crippen molar-refractivity contribution in [1.29, 1.82) is 0 Å². The Morgan fingerprint density at radius 1 is 0.481 bits per heavy atom. The van der Waals surface area contributed by atoms with Crippen LogP contribution in [0.25, 0.3) is 0 Å². The van der Waals surface area contributed by atoms with Crippen molar-refractivity contribution in [3.8, 4) is 0 Å². The first-order valence-electron chi connectivity index (χ1n) is 27.7. The summed E-state index contributed by atoms with van der Waals surface area (Å²) in [5, 5.41) is 36.2. The highest BCUT2D eigenvalue weighted by atomic mass is 16.4. The summed E-state index contributed by atoms with van der Waals surface area (Å²) in [6.07, 6.45) is 2.16. The van der Waals surface area contributed by atoms with Crippen LogP contribution in [0.2, 0.25) is 0 Å². The van der Waals surface area contributed by atoms with Crippen LogP contribution in [-0.2, 0) is 67.1 Å². The molecule has 0 saturated carbocycles. The highest BCUT2D eigenvalue weighted by Gasteiger charge is 2.44. The zero-order valence-electron chi connectivity index (χ0n) is 47.9. The van der Waals surface area contributed by atoms with E-state index in [0.717, 1.165) is 0 Å². The number of likely N-dealkylation sites (tertiary alicyclic amines) is 4. The molecule has 12 amide bonds. The SMILES string of the molecule is CC(C)[C@H](NC(=O)[C@@H]1CCCN1C(=O)[C@H](C(C)C)N(C)C(=O)[C@H](C)NC(=O)[C@@H]1CCCN1C(=O)CNC(=O)[C@H](C)NC(=O)[C@@H]1CCCN1C(=O)[C@H](C)NC(=O)[C@H](C)NC(=O)[C@@H]1CCCN1C(=O)[C@H](C)NC(=O)[C@@H](N)CC(=O)O)C(=O)O.